The van der Waals surface area contributed by atoms with Crippen LogP contribution in [0.4, 0.5) is 14.5 Å². The third-order valence-electron chi connectivity index (χ3n) is 3.33. The fourth-order valence-corrected chi connectivity index (χ4v) is 2.24. The summed E-state index contributed by atoms with van der Waals surface area (Å²) in [7, 11) is 0. The van der Waals surface area contributed by atoms with E-state index in [0.717, 1.165) is 5.56 Å². The molecule has 19 heavy (non-hydrogen) atoms. The fraction of sp³-hybridized carbons (Fsp3) is 0.200. The summed E-state index contributed by atoms with van der Waals surface area (Å²) in [5, 5.41) is 0. The maximum atomic E-state index is 14.4. The Morgan fingerprint density at radius 2 is 1.68 bits per heavy atom. The molecule has 4 heteroatoms. The average Bonchev–Trinajstić information content (AvgIpc) is 2.86. The summed E-state index contributed by atoms with van der Waals surface area (Å²) in [6, 6.07) is 10.2. The summed E-state index contributed by atoms with van der Waals surface area (Å²) in [6.45, 7) is 0.562. The molecule has 0 fully saturated rings. The Morgan fingerprint density at radius 1 is 1.00 bits per heavy atom. The molecule has 0 aliphatic carbocycles. The van der Waals surface area contributed by atoms with Gasteiger partial charge in [0.15, 0.2) is 0 Å². The monoisotopic (exact) mass is 261 g/mol. The summed E-state index contributed by atoms with van der Waals surface area (Å²) < 4.78 is 34.1. The molecule has 0 amide bonds. The number of halogens is 2. The van der Waals surface area contributed by atoms with Crippen molar-refractivity contribution in [3.05, 3.63) is 59.2 Å². The van der Waals surface area contributed by atoms with Crippen LogP contribution in [0.25, 0.3) is 0 Å². The lowest BCUT2D eigenvalue weighted by Gasteiger charge is -2.18. The first-order valence-corrected chi connectivity index (χ1v) is 6.07. The van der Waals surface area contributed by atoms with Gasteiger partial charge in [-0.2, -0.15) is 8.78 Å². The van der Waals surface area contributed by atoms with Crippen LogP contribution < -0.4 is 10.5 Å². The molecule has 2 nitrogen and oxygen atoms in total. The number of alkyl halides is 2. The number of hydrogen-bond donors (Lipinski definition) is 1. The van der Waals surface area contributed by atoms with Gasteiger partial charge in [0, 0.05) is 23.2 Å². The Hall–Kier alpha value is -2.10. The van der Waals surface area contributed by atoms with Crippen LogP contribution in [-0.2, 0) is 12.3 Å². The smallest absolute Gasteiger partial charge is 0.298 e. The van der Waals surface area contributed by atoms with E-state index in [0.29, 0.717) is 24.5 Å². The molecule has 2 aromatic rings. The number of nitrogens with two attached hydrogens (primary N) is 1. The van der Waals surface area contributed by atoms with Crippen molar-refractivity contribution in [2.75, 3.05) is 12.3 Å². The molecule has 1 aliphatic heterocycles. The number of anilines is 1. The van der Waals surface area contributed by atoms with Crippen LogP contribution in [0.15, 0.2) is 42.5 Å². The van der Waals surface area contributed by atoms with Gasteiger partial charge in [-0.15, -0.1) is 0 Å². The normalized spacial score (nSPS) is 14.0. The molecule has 98 valence electrons. The predicted octanol–water partition coefficient (Wildman–Crippen LogP) is 3.34. The van der Waals surface area contributed by atoms with Gasteiger partial charge in [-0.25, -0.2) is 0 Å². The van der Waals surface area contributed by atoms with Gasteiger partial charge < -0.3 is 10.5 Å². The van der Waals surface area contributed by atoms with E-state index in [1.165, 1.54) is 36.4 Å². The zero-order chi connectivity index (χ0) is 13.5. The van der Waals surface area contributed by atoms with Crippen LogP contribution >= 0.6 is 0 Å². The van der Waals surface area contributed by atoms with E-state index in [1.54, 1.807) is 6.07 Å². The third-order valence-corrected chi connectivity index (χ3v) is 3.33. The molecule has 0 radical (unpaired) electrons. The Bertz CT molecular complexity index is 608. The molecule has 3 rings (SSSR count). The summed E-state index contributed by atoms with van der Waals surface area (Å²) in [5.41, 5.74) is 6.77. The first-order chi connectivity index (χ1) is 9.07. The van der Waals surface area contributed by atoms with Crippen LogP contribution in [0.5, 0.6) is 5.75 Å². The topological polar surface area (TPSA) is 35.2 Å². The van der Waals surface area contributed by atoms with E-state index in [9.17, 15) is 8.78 Å². The van der Waals surface area contributed by atoms with Crippen molar-refractivity contribution in [2.45, 2.75) is 12.3 Å². The number of benzene rings is 2. The highest BCUT2D eigenvalue weighted by molar-refractivity contribution is 5.46. The molecular formula is C15H13F2NO. The molecule has 0 bridgehead atoms. The van der Waals surface area contributed by atoms with Crippen molar-refractivity contribution >= 4 is 5.69 Å². The second-order valence-corrected chi connectivity index (χ2v) is 4.62. The van der Waals surface area contributed by atoms with Crippen LogP contribution in [0.2, 0.25) is 0 Å². The van der Waals surface area contributed by atoms with E-state index < -0.39 is 5.92 Å². The van der Waals surface area contributed by atoms with E-state index in [1.807, 2.05) is 0 Å². The van der Waals surface area contributed by atoms with Crippen molar-refractivity contribution in [3.8, 4) is 5.75 Å². The maximum Gasteiger partial charge on any atom is 0.298 e. The molecule has 1 aliphatic rings. The number of ether oxygens (including phenoxy) is 1. The van der Waals surface area contributed by atoms with Gasteiger partial charge in [-0.1, -0.05) is 12.1 Å². The number of nitrogen functional groups attached to an aromatic ring is 1. The largest absolute Gasteiger partial charge is 0.493 e. The minimum absolute atomic E-state index is 0.0125. The van der Waals surface area contributed by atoms with Crippen LogP contribution in [0.3, 0.4) is 0 Å². The van der Waals surface area contributed by atoms with Crippen molar-refractivity contribution in [2.24, 2.45) is 0 Å². The van der Waals surface area contributed by atoms with Gasteiger partial charge >= 0.3 is 0 Å². The molecule has 2 aromatic carbocycles. The number of rotatable bonds is 2. The molecule has 0 saturated heterocycles. The lowest BCUT2D eigenvalue weighted by Crippen LogP contribution is -2.15. The summed E-state index contributed by atoms with van der Waals surface area (Å²) in [5.74, 6) is -2.32. The Labute approximate surface area is 109 Å². The van der Waals surface area contributed by atoms with Crippen LogP contribution in [0, 0.1) is 0 Å². The van der Waals surface area contributed by atoms with E-state index in [-0.39, 0.29) is 11.1 Å². The van der Waals surface area contributed by atoms with Crippen molar-refractivity contribution in [1.29, 1.82) is 0 Å². The van der Waals surface area contributed by atoms with E-state index in [4.69, 9.17) is 10.5 Å². The average molecular weight is 261 g/mol. The molecular weight excluding hydrogens is 248 g/mol. The lowest BCUT2D eigenvalue weighted by atomic mass is 9.98. The third kappa shape index (κ3) is 2.03. The summed E-state index contributed by atoms with van der Waals surface area (Å²) in [6.07, 6.45) is 0.682. The van der Waals surface area contributed by atoms with Gasteiger partial charge in [-0.05, 0) is 35.9 Å². The first-order valence-electron chi connectivity index (χ1n) is 6.07. The zero-order valence-corrected chi connectivity index (χ0v) is 10.2. The highest BCUT2D eigenvalue weighted by Gasteiger charge is 2.34. The van der Waals surface area contributed by atoms with Gasteiger partial charge in [0.1, 0.15) is 5.75 Å². The highest BCUT2D eigenvalue weighted by atomic mass is 19.3. The quantitative estimate of drug-likeness (QED) is 0.841. The van der Waals surface area contributed by atoms with Crippen molar-refractivity contribution < 1.29 is 13.5 Å². The Morgan fingerprint density at radius 3 is 2.42 bits per heavy atom. The highest BCUT2D eigenvalue weighted by Crippen LogP contribution is 2.38. The molecule has 2 N–H and O–H groups in total. The van der Waals surface area contributed by atoms with E-state index >= 15 is 0 Å². The van der Waals surface area contributed by atoms with Crippen LogP contribution in [0.1, 0.15) is 16.7 Å². The van der Waals surface area contributed by atoms with Gasteiger partial charge in [0.2, 0.25) is 0 Å². The Kier molecular flexibility index (Phi) is 2.66. The SMILES string of the molecule is Nc1ccc(C(F)(F)c2ccc3c(c2)CCO3)cc1. The van der Waals surface area contributed by atoms with E-state index in [2.05, 4.69) is 0 Å². The van der Waals surface area contributed by atoms with Crippen LogP contribution in [-0.4, -0.2) is 6.61 Å². The molecule has 0 aromatic heterocycles. The molecule has 0 spiro atoms. The lowest BCUT2D eigenvalue weighted by molar-refractivity contribution is 0.0428. The standard InChI is InChI=1S/C15H13F2NO/c16-15(17,11-1-4-13(18)5-2-11)12-3-6-14-10(9-12)7-8-19-14/h1-6,9H,7-8,18H2. The van der Waals surface area contributed by atoms with Crippen molar-refractivity contribution in [3.63, 3.8) is 0 Å². The fourth-order valence-electron chi connectivity index (χ4n) is 2.24. The molecule has 1 heterocycles. The first kappa shape index (κ1) is 12.0. The van der Waals surface area contributed by atoms with Gasteiger partial charge in [0.05, 0.1) is 6.61 Å². The maximum absolute atomic E-state index is 14.4. The minimum atomic E-state index is -3.02. The summed E-state index contributed by atoms with van der Waals surface area (Å²) >= 11 is 0. The van der Waals surface area contributed by atoms with Gasteiger partial charge in [0.25, 0.3) is 5.92 Å². The van der Waals surface area contributed by atoms with Gasteiger partial charge in [-0.3, -0.25) is 0 Å². The summed E-state index contributed by atoms with van der Waals surface area (Å²) in [4.78, 5) is 0. The second kappa shape index (κ2) is 4.23. The number of fused-ring (bicyclic) bond motifs is 1. The molecule has 0 unspecified atom stereocenters. The molecule has 0 atom stereocenters. The molecule has 0 saturated carbocycles. The van der Waals surface area contributed by atoms with Crippen molar-refractivity contribution in [1.82, 2.24) is 0 Å². The second-order valence-electron chi connectivity index (χ2n) is 4.62. The zero-order valence-electron chi connectivity index (χ0n) is 10.2. The number of hydrogen-bond acceptors (Lipinski definition) is 2. The Balaban J connectivity index is 2.02. The predicted molar refractivity (Wildman–Crippen MR) is 69.5 cm³/mol. The minimum Gasteiger partial charge on any atom is -0.493 e.